The summed E-state index contributed by atoms with van der Waals surface area (Å²) in [6.45, 7) is 0. The summed E-state index contributed by atoms with van der Waals surface area (Å²) < 4.78 is 0. The van der Waals surface area contributed by atoms with Gasteiger partial charge < -0.3 is 5.21 Å². The number of hydroxylamine groups is 1. The third-order valence-corrected chi connectivity index (χ3v) is 1.75. The van der Waals surface area contributed by atoms with Gasteiger partial charge in [-0.3, -0.25) is 4.84 Å². The highest BCUT2D eigenvalue weighted by molar-refractivity contribution is 5.82. The largest absolute Gasteiger partial charge is 0.598 e. The zero-order valence-electron chi connectivity index (χ0n) is 7.99. The molecule has 0 aliphatic heterocycles. The summed E-state index contributed by atoms with van der Waals surface area (Å²) in [5.41, 5.74) is 0.742. The molecule has 0 saturated carbocycles. The van der Waals surface area contributed by atoms with Crippen LogP contribution in [0.5, 0.6) is 5.88 Å². The van der Waals surface area contributed by atoms with Gasteiger partial charge in [0.05, 0.1) is 10.9 Å². The predicted molar refractivity (Wildman–Crippen MR) is 52.1 cm³/mol. The molecule has 0 saturated heterocycles. The van der Waals surface area contributed by atoms with Crippen molar-refractivity contribution in [3.63, 3.8) is 0 Å². The summed E-state index contributed by atoms with van der Waals surface area (Å²) in [6.07, 6.45) is 1.36. The van der Waals surface area contributed by atoms with Crippen LogP contribution in [0.15, 0.2) is 35.9 Å². The smallest absolute Gasteiger partial charge is 0.265 e. The molecule has 0 aliphatic rings. The summed E-state index contributed by atoms with van der Waals surface area (Å²) in [5.74, 6) is 0.267. The third-order valence-electron chi connectivity index (χ3n) is 1.75. The summed E-state index contributed by atoms with van der Waals surface area (Å²) in [6, 6.07) is 7.31. The van der Waals surface area contributed by atoms with Crippen LogP contribution in [0.2, 0.25) is 0 Å². The first-order chi connectivity index (χ1) is 7.27. The van der Waals surface area contributed by atoms with E-state index in [0.29, 0.717) is 10.2 Å². The van der Waals surface area contributed by atoms with Crippen LogP contribution >= 0.6 is 0 Å². The molecule has 0 atom stereocenters. The van der Waals surface area contributed by atoms with E-state index in [1.807, 2.05) is 18.2 Å². The average Bonchev–Trinajstić information content (AvgIpc) is 2.26. The SMILES string of the molecule is C[N+]([O-])=NOc1ncnc2ccccc12. The van der Waals surface area contributed by atoms with Crippen molar-refractivity contribution in [2.45, 2.75) is 0 Å². The first-order valence-electron chi connectivity index (χ1n) is 4.26. The van der Waals surface area contributed by atoms with Crippen LogP contribution in [0, 0.1) is 5.21 Å². The molecule has 0 unspecified atom stereocenters. The normalized spacial score (nSPS) is 11.7. The van der Waals surface area contributed by atoms with Crippen molar-refractivity contribution in [3.05, 3.63) is 35.8 Å². The van der Waals surface area contributed by atoms with Crippen LogP contribution < -0.4 is 4.84 Å². The number of para-hydroxylation sites is 1. The summed E-state index contributed by atoms with van der Waals surface area (Å²) in [7, 11) is 1.23. The molecule has 1 heterocycles. The van der Waals surface area contributed by atoms with Gasteiger partial charge in [0.15, 0.2) is 7.05 Å². The molecule has 0 bridgehead atoms. The number of nitrogens with zero attached hydrogens (tertiary/aromatic N) is 4. The van der Waals surface area contributed by atoms with Gasteiger partial charge in [-0.15, -0.1) is 0 Å². The van der Waals surface area contributed by atoms with E-state index >= 15 is 0 Å². The fourth-order valence-electron chi connectivity index (χ4n) is 1.15. The van der Waals surface area contributed by atoms with Crippen LogP contribution in [0.4, 0.5) is 0 Å². The Balaban J connectivity index is 2.47. The molecule has 6 nitrogen and oxygen atoms in total. The Morgan fingerprint density at radius 1 is 1.33 bits per heavy atom. The van der Waals surface area contributed by atoms with Gasteiger partial charge in [0.25, 0.3) is 5.88 Å². The van der Waals surface area contributed by atoms with Gasteiger partial charge in [0.2, 0.25) is 5.28 Å². The second kappa shape index (κ2) is 3.87. The van der Waals surface area contributed by atoms with Crippen LogP contribution in [0.25, 0.3) is 10.9 Å². The molecular weight excluding hydrogens is 196 g/mol. The lowest BCUT2D eigenvalue weighted by molar-refractivity contribution is -0.522. The molecule has 0 fully saturated rings. The molecule has 0 aliphatic carbocycles. The summed E-state index contributed by atoms with van der Waals surface area (Å²) >= 11 is 0. The fraction of sp³-hybridized carbons (Fsp3) is 0.111. The second-order valence-corrected chi connectivity index (χ2v) is 2.83. The van der Waals surface area contributed by atoms with Gasteiger partial charge in [-0.05, 0) is 12.1 Å². The monoisotopic (exact) mass is 204 g/mol. The van der Waals surface area contributed by atoms with E-state index in [0.717, 1.165) is 5.52 Å². The summed E-state index contributed by atoms with van der Waals surface area (Å²) in [4.78, 5) is 13.1. The highest BCUT2D eigenvalue weighted by atomic mass is 16.7. The van der Waals surface area contributed by atoms with E-state index < -0.39 is 0 Å². The third kappa shape index (κ3) is 1.98. The van der Waals surface area contributed by atoms with E-state index in [1.165, 1.54) is 13.4 Å². The number of hydrogen-bond donors (Lipinski definition) is 0. The maximum Gasteiger partial charge on any atom is 0.265 e. The van der Waals surface area contributed by atoms with Crippen LogP contribution in [0.1, 0.15) is 0 Å². The van der Waals surface area contributed by atoms with Gasteiger partial charge in [-0.1, -0.05) is 17.0 Å². The van der Waals surface area contributed by atoms with Crippen molar-refractivity contribution in [3.8, 4) is 5.88 Å². The predicted octanol–water partition coefficient (Wildman–Crippen LogP) is 1.52. The van der Waals surface area contributed by atoms with Crippen molar-refractivity contribution in [2.75, 3.05) is 7.05 Å². The lowest BCUT2D eigenvalue weighted by atomic mass is 10.2. The van der Waals surface area contributed by atoms with E-state index in [2.05, 4.69) is 15.2 Å². The van der Waals surface area contributed by atoms with Crippen molar-refractivity contribution in [2.24, 2.45) is 5.28 Å². The molecule has 0 spiro atoms. The van der Waals surface area contributed by atoms with E-state index in [-0.39, 0.29) is 5.88 Å². The second-order valence-electron chi connectivity index (χ2n) is 2.83. The molecule has 0 amide bonds. The average molecular weight is 204 g/mol. The zero-order chi connectivity index (χ0) is 10.7. The van der Waals surface area contributed by atoms with Crippen LogP contribution in [0.3, 0.4) is 0 Å². The molecule has 1 aromatic carbocycles. The topological polar surface area (TPSA) is 73.4 Å². The molecule has 15 heavy (non-hydrogen) atoms. The Labute approximate surface area is 85.4 Å². The minimum atomic E-state index is 0.267. The van der Waals surface area contributed by atoms with Crippen LogP contribution in [-0.2, 0) is 0 Å². The molecule has 1 aromatic heterocycles. The van der Waals surface area contributed by atoms with Crippen molar-refractivity contribution >= 4 is 10.9 Å². The van der Waals surface area contributed by atoms with Gasteiger partial charge in [0.1, 0.15) is 6.33 Å². The Hall–Kier alpha value is -2.24. The van der Waals surface area contributed by atoms with E-state index in [1.54, 1.807) is 6.07 Å². The number of hydrogen-bond acceptors (Lipinski definition) is 5. The maximum absolute atomic E-state index is 10.5. The number of benzene rings is 1. The van der Waals surface area contributed by atoms with Crippen LogP contribution in [-0.4, -0.2) is 21.9 Å². The molecule has 0 radical (unpaired) electrons. The van der Waals surface area contributed by atoms with Crippen molar-refractivity contribution < 1.29 is 9.70 Å². The molecule has 2 aromatic rings. The van der Waals surface area contributed by atoms with Crippen molar-refractivity contribution in [1.29, 1.82) is 0 Å². The Morgan fingerprint density at radius 2 is 2.13 bits per heavy atom. The van der Waals surface area contributed by atoms with Gasteiger partial charge in [0, 0.05) is 0 Å². The summed E-state index contributed by atoms with van der Waals surface area (Å²) in [5, 5.41) is 14.5. The zero-order valence-corrected chi connectivity index (χ0v) is 7.99. The Kier molecular flexibility index (Phi) is 2.40. The number of aromatic nitrogens is 2. The molecule has 76 valence electrons. The molecular formula is C9H8N4O2. The highest BCUT2D eigenvalue weighted by Crippen LogP contribution is 2.20. The van der Waals surface area contributed by atoms with Crippen molar-refractivity contribution in [1.82, 2.24) is 9.97 Å². The van der Waals surface area contributed by atoms with Gasteiger partial charge >= 0.3 is 0 Å². The fourth-order valence-corrected chi connectivity index (χ4v) is 1.15. The van der Waals surface area contributed by atoms with Gasteiger partial charge in [-0.2, -0.15) is 4.98 Å². The quantitative estimate of drug-likeness (QED) is 0.422. The minimum Gasteiger partial charge on any atom is -0.598 e. The lowest BCUT2D eigenvalue weighted by Crippen LogP contribution is -1.96. The number of rotatable bonds is 2. The Bertz CT molecular complexity index is 503. The highest BCUT2D eigenvalue weighted by Gasteiger charge is 2.04. The van der Waals surface area contributed by atoms with E-state index in [4.69, 9.17) is 4.84 Å². The molecule has 6 heteroatoms. The maximum atomic E-state index is 10.5. The van der Waals surface area contributed by atoms with E-state index in [9.17, 15) is 5.21 Å². The first-order valence-corrected chi connectivity index (χ1v) is 4.26. The minimum absolute atomic E-state index is 0.267. The first kappa shape index (κ1) is 9.32. The molecule has 0 N–H and O–H groups in total. The lowest BCUT2D eigenvalue weighted by Gasteiger charge is -1.99. The number of fused-ring (bicyclic) bond motifs is 1. The van der Waals surface area contributed by atoms with Gasteiger partial charge in [-0.25, -0.2) is 4.98 Å². The standard InChI is InChI=1S/C9H8N4O2/c1-13(14)12-15-9-7-4-2-3-5-8(7)10-6-11-9/h2-6H,1H3. The molecule has 2 rings (SSSR count). The Morgan fingerprint density at radius 3 is 2.93 bits per heavy atom.